The van der Waals surface area contributed by atoms with Crippen LogP contribution in [0.15, 0.2) is 18.2 Å². The van der Waals surface area contributed by atoms with Crippen molar-refractivity contribution in [2.24, 2.45) is 0 Å². The number of carbonyl (C=O) groups excluding carboxylic acids is 1. The van der Waals surface area contributed by atoms with Gasteiger partial charge in [-0.05, 0) is 12.1 Å². The number of rotatable bonds is 5. The summed E-state index contributed by atoms with van der Waals surface area (Å²) in [6.45, 7) is 0. The van der Waals surface area contributed by atoms with Crippen LogP contribution in [0.4, 0.5) is 0 Å². The first-order valence-electron chi connectivity index (χ1n) is 5.09. The Bertz CT molecular complexity index is 506. The second-order valence-electron chi connectivity index (χ2n) is 3.63. The zero-order valence-corrected chi connectivity index (χ0v) is 9.53. The van der Waals surface area contributed by atoms with E-state index in [1.54, 1.807) is 0 Å². The predicted molar refractivity (Wildman–Crippen MR) is 60.9 cm³/mol. The van der Waals surface area contributed by atoms with Crippen LogP contribution in [0.1, 0.15) is 16.8 Å². The number of hydrogen-bond acceptors (Lipinski definition) is 5. The molecule has 5 N–H and O–H groups in total. The highest BCUT2D eigenvalue weighted by molar-refractivity contribution is 6.01. The molecule has 0 aromatic heterocycles. The van der Waals surface area contributed by atoms with Gasteiger partial charge in [-0.2, -0.15) is 0 Å². The summed E-state index contributed by atoms with van der Waals surface area (Å²) < 4.78 is 0. The van der Waals surface area contributed by atoms with Gasteiger partial charge in [0.15, 0.2) is 0 Å². The lowest BCUT2D eigenvalue weighted by Crippen LogP contribution is -2.42. The van der Waals surface area contributed by atoms with E-state index in [4.69, 9.17) is 10.2 Å². The van der Waals surface area contributed by atoms with Crippen molar-refractivity contribution in [2.75, 3.05) is 0 Å². The number of carboxylic acids is 2. The van der Waals surface area contributed by atoms with Crippen LogP contribution in [-0.4, -0.2) is 44.3 Å². The third-order valence-electron chi connectivity index (χ3n) is 2.23. The average Bonchev–Trinajstić information content (AvgIpc) is 2.27. The molecule has 0 spiro atoms. The highest BCUT2D eigenvalue weighted by Crippen LogP contribution is 2.26. The van der Waals surface area contributed by atoms with Gasteiger partial charge in [0, 0.05) is 0 Å². The standard InChI is InChI=1S/C11H11NO7/c13-6-2-1-3-7(14)9(6)10(17)12-5(11(18)19)4-8(15)16/h1-3,5,13-14H,4H2,(H,12,17)(H,15,16)(H,18,19)/t5-/m0/s1. The minimum absolute atomic E-state index is 0.515. The molecule has 102 valence electrons. The Morgan fingerprint density at radius 1 is 1.11 bits per heavy atom. The quantitative estimate of drug-likeness (QED) is 0.495. The van der Waals surface area contributed by atoms with Gasteiger partial charge in [0.2, 0.25) is 0 Å². The third kappa shape index (κ3) is 3.60. The van der Waals surface area contributed by atoms with Crippen LogP contribution in [0.25, 0.3) is 0 Å². The number of aliphatic carboxylic acids is 2. The van der Waals surface area contributed by atoms with Gasteiger partial charge in [-0.3, -0.25) is 9.59 Å². The van der Waals surface area contributed by atoms with Crippen molar-refractivity contribution in [3.8, 4) is 11.5 Å². The number of aromatic hydroxyl groups is 2. The summed E-state index contributed by atoms with van der Waals surface area (Å²) in [5.41, 5.74) is -0.515. The van der Waals surface area contributed by atoms with Crippen LogP contribution in [0.3, 0.4) is 0 Å². The lowest BCUT2D eigenvalue weighted by molar-refractivity contribution is -0.145. The Kier molecular flexibility index (Phi) is 4.30. The van der Waals surface area contributed by atoms with Crippen molar-refractivity contribution in [1.82, 2.24) is 5.32 Å². The van der Waals surface area contributed by atoms with Crippen LogP contribution < -0.4 is 5.32 Å². The maximum atomic E-state index is 11.7. The van der Waals surface area contributed by atoms with Gasteiger partial charge < -0.3 is 25.7 Å². The van der Waals surface area contributed by atoms with E-state index in [1.165, 1.54) is 6.07 Å². The third-order valence-corrected chi connectivity index (χ3v) is 2.23. The Labute approximate surface area is 106 Å². The highest BCUT2D eigenvalue weighted by atomic mass is 16.4. The Morgan fingerprint density at radius 2 is 1.63 bits per heavy atom. The van der Waals surface area contributed by atoms with Crippen molar-refractivity contribution in [3.05, 3.63) is 23.8 Å². The van der Waals surface area contributed by atoms with Crippen LogP contribution >= 0.6 is 0 Å². The van der Waals surface area contributed by atoms with Gasteiger partial charge in [-0.15, -0.1) is 0 Å². The van der Waals surface area contributed by atoms with Gasteiger partial charge in [0.25, 0.3) is 5.91 Å². The van der Waals surface area contributed by atoms with Gasteiger partial charge >= 0.3 is 11.9 Å². The molecule has 0 saturated carbocycles. The molecule has 0 radical (unpaired) electrons. The van der Waals surface area contributed by atoms with E-state index in [0.29, 0.717) is 0 Å². The fourth-order valence-electron chi connectivity index (χ4n) is 1.37. The lowest BCUT2D eigenvalue weighted by atomic mass is 10.1. The minimum Gasteiger partial charge on any atom is -0.507 e. The SMILES string of the molecule is O=C(O)C[C@H](NC(=O)c1c(O)cccc1O)C(=O)O. The van der Waals surface area contributed by atoms with E-state index < -0.39 is 47.4 Å². The predicted octanol–water partition coefficient (Wildman–Crippen LogP) is -0.245. The first kappa shape index (κ1) is 14.3. The molecule has 8 nitrogen and oxygen atoms in total. The van der Waals surface area contributed by atoms with Gasteiger partial charge in [0.1, 0.15) is 23.1 Å². The minimum atomic E-state index is -1.66. The van der Waals surface area contributed by atoms with Crippen molar-refractivity contribution in [1.29, 1.82) is 0 Å². The topological polar surface area (TPSA) is 144 Å². The zero-order valence-electron chi connectivity index (χ0n) is 9.53. The summed E-state index contributed by atoms with van der Waals surface area (Å²) in [6.07, 6.45) is -0.824. The maximum absolute atomic E-state index is 11.7. The zero-order chi connectivity index (χ0) is 14.6. The Morgan fingerprint density at radius 3 is 2.05 bits per heavy atom. The summed E-state index contributed by atoms with van der Waals surface area (Å²) in [6, 6.07) is 1.88. The highest BCUT2D eigenvalue weighted by Gasteiger charge is 2.26. The van der Waals surface area contributed by atoms with Gasteiger partial charge in [-0.25, -0.2) is 4.79 Å². The summed E-state index contributed by atoms with van der Waals surface area (Å²) in [5, 5.41) is 38.0. The molecule has 0 fully saturated rings. The summed E-state index contributed by atoms with van der Waals surface area (Å²) >= 11 is 0. The van der Waals surface area contributed by atoms with E-state index in [2.05, 4.69) is 0 Å². The Balaban J connectivity index is 2.94. The van der Waals surface area contributed by atoms with Gasteiger partial charge in [-0.1, -0.05) is 6.07 Å². The lowest BCUT2D eigenvalue weighted by Gasteiger charge is -2.13. The van der Waals surface area contributed by atoms with Crippen molar-refractivity contribution >= 4 is 17.8 Å². The Hall–Kier alpha value is -2.77. The molecule has 0 aliphatic rings. The average molecular weight is 269 g/mol. The summed E-state index contributed by atoms with van der Waals surface area (Å²) in [4.78, 5) is 32.9. The monoisotopic (exact) mass is 269 g/mol. The number of carbonyl (C=O) groups is 3. The molecule has 0 aliphatic carbocycles. The first-order chi connectivity index (χ1) is 8.82. The number of amides is 1. The number of hydrogen-bond donors (Lipinski definition) is 5. The van der Waals surface area contributed by atoms with Crippen LogP contribution in [-0.2, 0) is 9.59 Å². The van der Waals surface area contributed by atoms with Crippen LogP contribution in [0.2, 0.25) is 0 Å². The smallest absolute Gasteiger partial charge is 0.326 e. The van der Waals surface area contributed by atoms with E-state index in [-0.39, 0.29) is 0 Å². The molecule has 1 amide bonds. The van der Waals surface area contributed by atoms with Crippen molar-refractivity contribution < 1.29 is 34.8 Å². The maximum Gasteiger partial charge on any atom is 0.326 e. The van der Waals surface area contributed by atoms with Gasteiger partial charge in [0.05, 0.1) is 6.42 Å². The second-order valence-corrected chi connectivity index (χ2v) is 3.63. The number of benzene rings is 1. The molecule has 19 heavy (non-hydrogen) atoms. The molecular weight excluding hydrogens is 258 g/mol. The van der Waals surface area contributed by atoms with E-state index >= 15 is 0 Å². The molecule has 1 atom stereocenters. The summed E-state index contributed by atoms with van der Waals surface area (Å²) in [5.74, 6) is -5.11. The van der Waals surface area contributed by atoms with Crippen molar-refractivity contribution in [3.63, 3.8) is 0 Å². The largest absolute Gasteiger partial charge is 0.507 e. The fourth-order valence-corrected chi connectivity index (χ4v) is 1.37. The molecule has 0 aliphatic heterocycles. The number of nitrogens with one attached hydrogen (secondary N) is 1. The molecule has 1 aromatic rings. The van der Waals surface area contributed by atoms with E-state index in [9.17, 15) is 24.6 Å². The molecule has 0 heterocycles. The first-order valence-corrected chi connectivity index (χ1v) is 5.09. The van der Waals surface area contributed by atoms with Crippen LogP contribution in [0.5, 0.6) is 11.5 Å². The molecule has 8 heteroatoms. The molecule has 0 unspecified atom stereocenters. The number of carboxylic acid groups (broad SMARTS) is 2. The van der Waals surface area contributed by atoms with Crippen LogP contribution in [0, 0.1) is 0 Å². The molecule has 1 rings (SSSR count). The molecule has 0 bridgehead atoms. The molecule has 1 aromatic carbocycles. The summed E-state index contributed by atoms with van der Waals surface area (Å²) in [7, 11) is 0. The number of phenols is 2. The normalized spacial score (nSPS) is 11.6. The van der Waals surface area contributed by atoms with E-state index in [0.717, 1.165) is 12.1 Å². The van der Waals surface area contributed by atoms with E-state index in [1.807, 2.05) is 5.32 Å². The fraction of sp³-hybridized carbons (Fsp3) is 0.182. The molecular formula is C11H11NO7. The number of phenolic OH excluding ortho intramolecular Hbond substituents is 2. The second kappa shape index (κ2) is 5.71. The molecule has 0 saturated heterocycles. The van der Waals surface area contributed by atoms with Crippen molar-refractivity contribution in [2.45, 2.75) is 12.5 Å².